The third-order valence-corrected chi connectivity index (χ3v) is 4.47. The molecule has 8 nitrogen and oxygen atoms in total. The van der Waals surface area contributed by atoms with Gasteiger partial charge >= 0.3 is 0 Å². The van der Waals surface area contributed by atoms with Gasteiger partial charge in [0.1, 0.15) is 9.88 Å². The van der Waals surface area contributed by atoms with E-state index >= 15 is 0 Å². The molecule has 0 unspecified atom stereocenters. The van der Waals surface area contributed by atoms with Crippen LogP contribution in [0.2, 0.25) is 0 Å². The van der Waals surface area contributed by atoms with Gasteiger partial charge in [0.25, 0.3) is 5.91 Å². The summed E-state index contributed by atoms with van der Waals surface area (Å²) in [4.78, 5) is 29.8. The predicted octanol–water partition coefficient (Wildman–Crippen LogP) is 1.45. The van der Waals surface area contributed by atoms with Crippen molar-refractivity contribution in [2.75, 3.05) is 18.2 Å². The smallest absolute Gasteiger partial charge is 0.281 e. The normalized spacial score (nSPS) is 10.5. The zero-order chi connectivity index (χ0) is 17.6. The highest BCUT2D eigenvalue weighted by Gasteiger charge is 2.19. The maximum atomic E-state index is 12.6. The monoisotopic (exact) mass is 356 g/mol. The summed E-state index contributed by atoms with van der Waals surface area (Å²) >= 11 is 1.28. The number of anilines is 1. The first-order chi connectivity index (χ1) is 12.2. The van der Waals surface area contributed by atoms with Gasteiger partial charge in [-0.05, 0) is 25.1 Å². The predicted molar refractivity (Wildman–Crippen MR) is 94.0 cm³/mol. The molecule has 0 aliphatic heterocycles. The van der Waals surface area contributed by atoms with Gasteiger partial charge in [0.2, 0.25) is 5.95 Å². The number of hydrogen-bond donors (Lipinski definition) is 2. The minimum absolute atomic E-state index is 0.152. The van der Waals surface area contributed by atoms with Crippen LogP contribution < -0.4 is 10.4 Å². The minimum atomic E-state index is -0.328. The fourth-order valence-electron chi connectivity index (χ4n) is 2.13. The number of rotatable bonds is 6. The Morgan fingerprint density at radius 2 is 2.08 bits per heavy atom. The molecule has 0 saturated heterocycles. The minimum Gasteiger partial charge on any atom is -0.394 e. The molecular formula is C16H16N6O2S. The molecule has 25 heavy (non-hydrogen) atoms. The number of hydrazine groups is 1. The second kappa shape index (κ2) is 7.77. The molecule has 0 bridgehead atoms. The van der Waals surface area contributed by atoms with E-state index in [2.05, 4.69) is 25.4 Å². The second-order valence-electron chi connectivity index (χ2n) is 5.04. The summed E-state index contributed by atoms with van der Waals surface area (Å²) in [6.45, 7) is 1.80. The van der Waals surface area contributed by atoms with E-state index in [4.69, 9.17) is 0 Å². The Morgan fingerprint density at radius 1 is 1.28 bits per heavy atom. The van der Waals surface area contributed by atoms with Gasteiger partial charge in [-0.1, -0.05) is 0 Å². The Kier molecular flexibility index (Phi) is 5.26. The number of amides is 1. The van der Waals surface area contributed by atoms with E-state index in [0.717, 1.165) is 10.6 Å². The maximum absolute atomic E-state index is 12.6. The number of nitrogens with zero attached hydrogens (tertiary/aromatic N) is 5. The van der Waals surface area contributed by atoms with Crippen molar-refractivity contribution < 1.29 is 9.90 Å². The molecule has 1 amide bonds. The molecule has 9 heteroatoms. The van der Waals surface area contributed by atoms with Crippen molar-refractivity contribution in [1.82, 2.24) is 25.4 Å². The fraction of sp³-hybridized carbons (Fsp3) is 0.188. The topological polar surface area (TPSA) is 104 Å². The molecule has 0 aliphatic carbocycles. The Balaban J connectivity index is 1.82. The average molecular weight is 356 g/mol. The third-order valence-electron chi connectivity index (χ3n) is 3.26. The van der Waals surface area contributed by atoms with E-state index in [1.807, 2.05) is 12.1 Å². The number of pyridine rings is 1. The highest BCUT2D eigenvalue weighted by Crippen LogP contribution is 2.27. The number of nitrogens with one attached hydrogen (secondary N) is 1. The Hall–Kier alpha value is -2.91. The number of aromatic nitrogens is 4. The summed E-state index contributed by atoms with van der Waals surface area (Å²) in [7, 11) is 0. The lowest BCUT2D eigenvalue weighted by molar-refractivity contribution is 0.0949. The Morgan fingerprint density at radius 3 is 2.76 bits per heavy atom. The van der Waals surface area contributed by atoms with Crippen molar-refractivity contribution in [3.05, 3.63) is 53.6 Å². The summed E-state index contributed by atoms with van der Waals surface area (Å²) < 4.78 is 0. The molecular weight excluding hydrogens is 340 g/mol. The largest absolute Gasteiger partial charge is 0.394 e. The van der Waals surface area contributed by atoms with Crippen LogP contribution in [0.25, 0.3) is 10.6 Å². The molecule has 0 saturated carbocycles. The highest BCUT2D eigenvalue weighted by molar-refractivity contribution is 7.17. The summed E-state index contributed by atoms with van der Waals surface area (Å²) in [5, 5.41) is 11.4. The summed E-state index contributed by atoms with van der Waals surface area (Å²) in [6, 6.07) is 5.39. The van der Waals surface area contributed by atoms with Crippen LogP contribution in [-0.4, -0.2) is 44.1 Å². The molecule has 0 aromatic carbocycles. The molecule has 3 heterocycles. The van der Waals surface area contributed by atoms with Crippen LogP contribution in [0.3, 0.4) is 0 Å². The lowest BCUT2D eigenvalue weighted by atomic mass is 10.3. The van der Waals surface area contributed by atoms with Crippen LogP contribution in [0.15, 0.2) is 43.0 Å². The Labute approximate surface area is 148 Å². The van der Waals surface area contributed by atoms with Gasteiger partial charge in [-0.15, -0.1) is 11.3 Å². The molecule has 2 N–H and O–H groups in total. The SMILES string of the molecule is Cc1nc(-c2cccnc2)sc1C(=O)NN(CCO)c1ncccn1. The van der Waals surface area contributed by atoms with Crippen molar-refractivity contribution >= 4 is 23.2 Å². The zero-order valence-electron chi connectivity index (χ0n) is 13.5. The molecule has 0 fully saturated rings. The van der Waals surface area contributed by atoms with E-state index in [1.54, 1.807) is 37.8 Å². The fourth-order valence-corrected chi connectivity index (χ4v) is 3.08. The molecule has 0 atom stereocenters. The lowest BCUT2D eigenvalue weighted by Gasteiger charge is -2.21. The van der Waals surface area contributed by atoms with Crippen molar-refractivity contribution in [1.29, 1.82) is 0 Å². The molecule has 0 radical (unpaired) electrons. The summed E-state index contributed by atoms with van der Waals surface area (Å²) in [5.74, 6) is -0.0226. The van der Waals surface area contributed by atoms with Crippen molar-refractivity contribution in [2.45, 2.75) is 6.92 Å². The number of aliphatic hydroxyl groups is 1. The van der Waals surface area contributed by atoms with E-state index < -0.39 is 0 Å². The number of aryl methyl sites for hydroxylation is 1. The van der Waals surface area contributed by atoms with Crippen molar-refractivity contribution in [2.24, 2.45) is 0 Å². The highest BCUT2D eigenvalue weighted by atomic mass is 32.1. The maximum Gasteiger partial charge on any atom is 0.281 e. The number of aliphatic hydroxyl groups excluding tert-OH is 1. The van der Waals surface area contributed by atoms with Crippen molar-refractivity contribution in [3.63, 3.8) is 0 Å². The first-order valence-corrected chi connectivity index (χ1v) is 8.35. The van der Waals surface area contributed by atoms with Gasteiger partial charge in [-0.25, -0.2) is 20.0 Å². The standard InChI is InChI=1S/C16H16N6O2S/c1-11-13(25-15(20-11)12-4-2-5-17-10-12)14(24)21-22(8-9-23)16-18-6-3-7-19-16/h2-7,10,23H,8-9H2,1H3,(H,21,24). The number of carbonyl (C=O) groups is 1. The van der Waals surface area contributed by atoms with Crippen LogP contribution in [0.5, 0.6) is 0 Å². The van der Waals surface area contributed by atoms with Gasteiger partial charge in [0, 0.05) is 30.4 Å². The number of hydrogen-bond acceptors (Lipinski definition) is 8. The summed E-state index contributed by atoms with van der Waals surface area (Å²) in [6.07, 6.45) is 6.52. The van der Waals surface area contributed by atoms with E-state index in [9.17, 15) is 9.90 Å². The second-order valence-corrected chi connectivity index (χ2v) is 6.04. The van der Waals surface area contributed by atoms with Gasteiger partial charge in [0.15, 0.2) is 0 Å². The van der Waals surface area contributed by atoms with Crippen LogP contribution in [0.1, 0.15) is 15.4 Å². The molecule has 3 rings (SSSR count). The molecule has 128 valence electrons. The van der Waals surface area contributed by atoms with Gasteiger partial charge < -0.3 is 5.11 Å². The first kappa shape index (κ1) is 16.9. The zero-order valence-corrected chi connectivity index (χ0v) is 14.3. The quantitative estimate of drug-likeness (QED) is 0.644. The number of thiazole rings is 1. The van der Waals surface area contributed by atoms with Crippen LogP contribution in [0.4, 0.5) is 5.95 Å². The Bertz CT molecular complexity index is 840. The van der Waals surface area contributed by atoms with Gasteiger partial charge in [-0.2, -0.15) is 0 Å². The van der Waals surface area contributed by atoms with Gasteiger partial charge in [0.05, 0.1) is 18.8 Å². The van der Waals surface area contributed by atoms with Crippen LogP contribution >= 0.6 is 11.3 Å². The van der Waals surface area contributed by atoms with Crippen molar-refractivity contribution in [3.8, 4) is 10.6 Å². The first-order valence-electron chi connectivity index (χ1n) is 7.53. The van der Waals surface area contributed by atoms with Gasteiger partial charge in [-0.3, -0.25) is 15.2 Å². The van der Waals surface area contributed by atoms with Crippen LogP contribution in [0, 0.1) is 6.92 Å². The third kappa shape index (κ3) is 3.95. The molecule has 3 aromatic heterocycles. The van der Waals surface area contributed by atoms with E-state index in [1.165, 1.54) is 16.3 Å². The molecule has 0 aliphatic rings. The summed E-state index contributed by atoms with van der Waals surface area (Å²) in [5.41, 5.74) is 4.20. The average Bonchev–Trinajstić information content (AvgIpc) is 3.05. The molecule has 3 aromatic rings. The van der Waals surface area contributed by atoms with E-state index in [0.29, 0.717) is 16.5 Å². The lowest BCUT2D eigenvalue weighted by Crippen LogP contribution is -2.45. The molecule has 0 spiro atoms. The van der Waals surface area contributed by atoms with Crippen LogP contribution in [-0.2, 0) is 0 Å². The van der Waals surface area contributed by atoms with E-state index in [-0.39, 0.29) is 19.1 Å². The number of carbonyl (C=O) groups excluding carboxylic acids is 1.